The van der Waals surface area contributed by atoms with E-state index in [4.69, 9.17) is 0 Å². The number of hydrogen-bond acceptors (Lipinski definition) is 3. The van der Waals surface area contributed by atoms with E-state index in [1.807, 2.05) is 49.4 Å². The van der Waals surface area contributed by atoms with Crippen molar-refractivity contribution in [2.75, 3.05) is 15.7 Å². The fourth-order valence-electron chi connectivity index (χ4n) is 4.27. The molecule has 3 aromatic rings. The van der Waals surface area contributed by atoms with Gasteiger partial charge >= 0.3 is 0 Å². The van der Waals surface area contributed by atoms with Gasteiger partial charge in [-0.3, -0.25) is 9.10 Å². The van der Waals surface area contributed by atoms with Crippen LogP contribution in [0.2, 0.25) is 0 Å². The number of fused-ring (bicyclic) bond motifs is 1. The Labute approximate surface area is 157 Å². The van der Waals surface area contributed by atoms with Crippen LogP contribution >= 0.6 is 0 Å². The summed E-state index contributed by atoms with van der Waals surface area (Å²) in [5.74, 6) is -0.208. The SMILES string of the molecule is C[C@@H]1Cc2ccccc2N1C(=O)CN1c2cccc3cccc(c23)S1(=O)=O. The van der Waals surface area contributed by atoms with Crippen molar-refractivity contribution in [2.45, 2.75) is 24.3 Å². The molecule has 0 saturated carbocycles. The lowest BCUT2D eigenvalue weighted by Crippen LogP contribution is -2.44. The van der Waals surface area contributed by atoms with Crippen LogP contribution in [-0.2, 0) is 21.2 Å². The highest BCUT2D eigenvalue weighted by molar-refractivity contribution is 7.93. The monoisotopic (exact) mass is 378 g/mol. The molecule has 2 heterocycles. The lowest BCUT2D eigenvalue weighted by Gasteiger charge is -2.26. The Bertz CT molecular complexity index is 1200. The van der Waals surface area contributed by atoms with Crippen molar-refractivity contribution in [1.29, 1.82) is 0 Å². The van der Waals surface area contributed by atoms with Gasteiger partial charge in [0.15, 0.2) is 0 Å². The Balaban J connectivity index is 1.56. The third-order valence-corrected chi connectivity index (χ3v) is 7.24. The third kappa shape index (κ3) is 2.23. The van der Waals surface area contributed by atoms with Crippen LogP contribution in [0.1, 0.15) is 12.5 Å². The van der Waals surface area contributed by atoms with Crippen molar-refractivity contribution in [2.24, 2.45) is 0 Å². The zero-order valence-corrected chi connectivity index (χ0v) is 15.6. The molecule has 0 bridgehead atoms. The standard InChI is InChI=1S/C21H18N2O3S/c1-14-12-16-6-2-3-9-17(16)23(14)20(24)13-22-18-10-4-7-15-8-5-11-19(21(15)18)27(22,25)26/h2-11,14H,12-13H2,1H3/t14-/m1/s1. The Kier molecular flexibility index (Phi) is 3.37. The molecule has 0 radical (unpaired) electrons. The fourth-order valence-corrected chi connectivity index (χ4v) is 5.93. The van der Waals surface area contributed by atoms with E-state index < -0.39 is 10.0 Å². The van der Waals surface area contributed by atoms with Gasteiger partial charge in [0.1, 0.15) is 6.54 Å². The number of rotatable bonds is 2. The van der Waals surface area contributed by atoms with E-state index in [0.717, 1.165) is 23.1 Å². The molecule has 0 aromatic heterocycles. The Morgan fingerprint density at radius 2 is 1.70 bits per heavy atom. The summed E-state index contributed by atoms with van der Waals surface area (Å²) in [6, 6.07) is 18.5. The summed E-state index contributed by atoms with van der Waals surface area (Å²) in [7, 11) is -3.73. The van der Waals surface area contributed by atoms with E-state index in [-0.39, 0.29) is 23.4 Å². The number of benzene rings is 3. The lowest BCUT2D eigenvalue weighted by molar-refractivity contribution is -0.117. The van der Waals surface area contributed by atoms with E-state index >= 15 is 0 Å². The van der Waals surface area contributed by atoms with Gasteiger partial charge in [-0.25, -0.2) is 8.42 Å². The lowest BCUT2D eigenvalue weighted by atomic mass is 10.1. The first kappa shape index (κ1) is 16.3. The molecule has 0 spiro atoms. The minimum atomic E-state index is -3.73. The Morgan fingerprint density at radius 1 is 1.00 bits per heavy atom. The molecule has 0 N–H and O–H groups in total. The minimum Gasteiger partial charge on any atom is -0.307 e. The van der Waals surface area contributed by atoms with Crippen molar-refractivity contribution in [1.82, 2.24) is 0 Å². The molecule has 27 heavy (non-hydrogen) atoms. The number of anilines is 2. The zero-order valence-electron chi connectivity index (χ0n) is 14.8. The summed E-state index contributed by atoms with van der Waals surface area (Å²) >= 11 is 0. The highest BCUT2D eigenvalue weighted by Crippen LogP contribution is 2.42. The summed E-state index contributed by atoms with van der Waals surface area (Å²) in [6.07, 6.45) is 0.782. The van der Waals surface area contributed by atoms with Gasteiger partial charge in [-0.05, 0) is 42.5 Å². The summed E-state index contributed by atoms with van der Waals surface area (Å²) < 4.78 is 27.4. The van der Waals surface area contributed by atoms with Crippen LogP contribution in [0, 0.1) is 0 Å². The molecule has 136 valence electrons. The first-order chi connectivity index (χ1) is 13.0. The molecule has 1 atom stereocenters. The first-order valence-corrected chi connectivity index (χ1v) is 10.4. The molecular formula is C21H18N2O3S. The van der Waals surface area contributed by atoms with Crippen LogP contribution in [0.4, 0.5) is 11.4 Å². The van der Waals surface area contributed by atoms with Gasteiger partial charge < -0.3 is 4.90 Å². The van der Waals surface area contributed by atoms with E-state index in [1.165, 1.54) is 4.31 Å². The van der Waals surface area contributed by atoms with Crippen LogP contribution in [0.15, 0.2) is 65.6 Å². The highest BCUT2D eigenvalue weighted by atomic mass is 32.2. The zero-order chi connectivity index (χ0) is 18.8. The second kappa shape index (κ2) is 5.57. The summed E-state index contributed by atoms with van der Waals surface area (Å²) in [4.78, 5) is 15.2. The summed E-state index contributed by atoms with van der Waals surface area (Å²) in [5, 5.41) is 1.56. The molecule has 5 rings (SSSR count). The molecule has 0 fully saturated rings. The molecule has 2 aliphatic rings. The normalized spacial score (nSPS) is 19.5. The van der Waals surface area contributed by atoms with Crippen molar-refractivity contribution < 1.29 is 13.2 Å². The van der Waals surface area contributed by atoms with E-state index in [1.54, 1.807) is 23.1 Å². The maximum Gasteiger partial charge on any atom is 0.265 e. The van der Waals surface area contributed by atoms with Crippen LogP contribution in [-0.4, -0.2) is 26.9 Å². The smallest absolute Gasteiger partial charge is 0.265 e. The number of hydrogen-bond donors (Lipinski definition) is 0. The Hall–Kier alpha value is -2.86. The number of sulfonamides is 1. The van der Waals surface area contributed by atoms with Crippen LogP contribution < -0.4 is 9.21 Å². The maximum absolute atomic E-state index is 13.2. The van der Waals surface area contributed by atoms with Gasteiger partial charge in [-0.2, -0.15) is 0 Å². The second-order valence-electron chi connectivity index (χ2n) is 7.09. The Morgan fingerprint density at radius 3 is 2.52 bits per heavy atom. The van der Waals surface area contributed by atoms with E-state index in [9.17, 15) is 13.2 Å². The van der Waals surface area contributed by atoms with Crippen molar-refractivity contribution in [3.63, 3.8) is 0 Å². The molecule has 5 nitrogen and oxygen atoms in total. The van der Waals surface area contributed by atoms with Gasteiger partial charge in [0, 0.05) is 17.1 Å². The van der Waals surface area contributed by atoms with Crippen molar-refractivity contribution in [3.8, 4) is 0 Å². The number of carbonyl (C=O) groups is 1. The molecule has 0 unspecified atom stereocenters. The van der Waals surface area contributed by atoms with Crippen LogP contribution in [0.5, 0.6) is 0 Å². The molecule has 6 heteroatoms. The summed E-state index contributed by atoms with van der Waals surface area (Å²) in [6.45, 7) is 1.79. The minimum absolute atomic E-state index is 0.0124. The molecule has 0 saturated heterocycles. The molecule has 1 amide bonds. The number of para-hydroxylation sites is 1. The van der Waals surface area contributed by atoms with E-state index in [2.05, 4.69) is 0 Å². The third-order valence-electron chi connectivity index (χ3n) is 5.44. The van der Waals surface area contributed by atoms with Gasteiger partial charge in [0.2, 0.25) is 5.91 Å². The van der Waals surface area contributed by atoms with Gasteiger partial charge in [-0.15, -0.1) is 0 Å². The van der Waals surface area contributed by atoms with Gasteiger partial charge in [-0.1, -0.05) is 42.5 Å². The second-order valence-corrected chi connectivity index (χ2v) is 8.92. The predicted molar refractivity (Wildman–Crippen MR) is 106 cm³/mol. The summed E-state index contributed by atoms with van der Waals surface area (Å²) in [5.41, 5.74) is 2.58. The van der Waals surface area contributed by atoms with Crippen LogP contribution in [0.25, 0.3) is 10.8 Å². The topological polar surface area (TPSA) is 57.7 Å². The van der Waals surface area contributed by atoms with Gasteiger partial charge in [0.25, 0.3) is 10.0 Å². The number of amides is 1. The van der Waals surface area contributed by atoms with Gasteiger partial charge in [0.05, 0.1) is 10.6 Å². The predicted octanol–water partition coefficient (Wildman–Crippen LogP) is 3.33. The first-order valence-electron chi connectivity index (χ1n) is 8.93. The molecule has 3 aromatic carbocycles. The molecule has 2 aliphatic heterocycles. The number of nitrogens with zero attached hydrogens (tertiary/aromatic N) is 2. The van der Waals surface area contributed by atoms with Crippen molar-refractivity contribution in [3.05, 3.63) is 66.2 Å². The quantitative estimate of drug-likeness (QED) is 0.687. The maximum atomic E-state index is 13.2. The fraction of sp³-hybridized carbons (Fsp3) is 0.190. The highest BCUT2D eigenvalue weighted by Gasteiger charge is 2.39. The van der Waals surface area contributed by atoms with E-state index in [0.29, 0.717) is 11.1 Å². The van der Waals surface area contributed by atoms with Crippen molar-refractivity contribution >= 4 is 38.1 Å². The average molecular weight is 378 g/mol. The largest absolute Gasteiger partial charge is 0.307 e. The molecule has 0 aliphatic carbocycles. The number of carbonyl (C=O) groups excluding carboxylic acids is 1. The average Bonchev–Trinajstić information content (AvgIpc) is 3.10. The molecular weight excluding hydrogens is 360 g/mol. The van der Waals surface area contributed by atoms with Crippen LogP contribution in [0.3, 0.4) is 0 Å².